The van der Waals surface area contributed by atoms with Gasteiger partial charge < -0.3 is 4.74 Å². The third-order valence-corrected chi connectivity index (χ3v) is 0.473. The largest absolute Gasteiger partial charge is 0.424 e. The van der Waals surface area contributed by atoms with Gasteiger partial charge in [-0.25, -0.2) is 4.79 Å². The van der Waals surface area contributed by atoms with Gasteiger partial charge in [-0.2, -0.15) is 0 Å². The maximum atomic E-state index is 9.66. The van der Waals surface area contributed by atoms with Gasteiger partial charge in [-0.05, 0) is 0 Å². The summed E-state index contributed by atoms with van der Waals surface area (Å²) < 4.78 is 4.01. The number of rotatable bonds is 1. The van der Waals surface area contributed by atoms with Gasteiger partial charge in [-0.1, -0.05) is 11.6 Å². The van der Waals surface area contributed by atoms with Gasteiger partial charge >= 0.3 is 5.43 Å². The van der Waals surface area contributed by atoms with Gasteiger partial charge in [0, 0.05) is 11.6 Å². The van der Waals surface area contributed by atoms with E-state index in [1.807, 2.05) is 0 Å². The van der Waals surface area contributed by atoms with Crippen LogP contribution in [0.4, 0.5) is 4.79 Å². The Labute approximate surface area is 56.1 Å². The fourth-order valence-corrected chi connectivity index (χ4v) is 0.450. The average molecular weight is 161 g/mol. The Morgan fingerprint density at radius 1 is 1.86 bits per heavy atom. The Morgan fingerprint density at radius 2 is 2.29 bits per heavy atom. The van der Waals surface area contributed by atoms with Crippen LogP contribution in [0.15, 0.2) is 0 Å². The molecule has 0 aliphatic heterocycles. The molecular weight excluding hydrogens is 159 g/mol. The molecule has 0 aliphatic carbocycles. The van der Waals surface area contributed by atoms with E-state index < -0.39 is 10.3 Å². The Kier molecular flexibility index (Phi) is 3.60. The number of hydrogen-bond donors (Lipinski definition) is 1. The minimum atomic E-state index is -0.949. The molecule has 0 bridgehead atoms. The summed E-state index contributed by atoms with van der Waals surface area (Å²) in [4.78, 5) is 8.72. The standard InChI is InChI=1S/C2H2Cl2O2S/c3-1(5)6-2(4)7/h2,7H. The number of thiol groups is 1. The maximum Gasteiger partial charge on any atom is 0.405 e. The first-order chi connectivity index (χ1) is 3.13. The van der Waals surface area contributed by atoms with Crippen molar-refractivity contribution in [2.24, 2.45) is 0 Å². The van der Waals surface area contributed by atoms with E-state index in [0.717, 1.165) is 0 Å². The molecule has 0 amide bonds. The molecule has 0 heterocycles. The average Bonchev–Trinajstić information content (AvgIpc) is 1.27. The molecule has 2 nitrogen and oxygen atoms in total. The minimum Gasteiger partial charge on any atom is -0.424 e. The number of alkyl halides is 1. The lowest BCUT2D eigenvalue weighted by molar-refractivity contribution is 0.185. The number of ether oxygens (including phenoxy) is 1. The molecule has 0 aliphatic rings. The highest BCUT2D eigenvalue weighted by Gasteiger charge is 1.99. The minimum absolute atomic E-state index is 0.940. The summed E-state index contributed by atoms with van der Waals surface area (Å²) in [5, 5.41) is 0. The number of halogens is 2. The molecule has 0 aromatic carbocycles. The summed E-state index contributed by atoms with van der Waals surface area (Å²) >= 11 is 13.2. The van der Waals surface area contributed by atoms with Crippen LogP contribution in [0.3, 0.4) is 0 Å². The molecule has 7 heavy (non-hydrogen) atoms. The SMILES string of the molecule is O=C(Cl)OC(S)Cl. The van der Waals surface area contributed by atoms with E-state index in [1.54, 1.807) is 0 Å². The smallest absolute Gasteiger partial charge is 0.405 e. The van der Waals surface area contributed by atoms with Crippen molar-refractivity contribution in [3.05, 3.63) is 0 Å². The summed E-state index contributed by atoms with van der Waals surface area (Å²) in [7, 11) is 0. The molecule has 0 radical (unpaired) electrons. The normalized spacial score (nSPS) is 13.0. The van der Waals surface area contributed by atoms with Crippen LogP contribution < -0.4 is 0 Å². The zero-order valence-electron chi connectivity index (χ0n) is 3.10. The van der Waals surface area contributed by atoms with Gasteiger partial charge in [-0.3, -0.25) is 0 Å². The molecule has 0 spiro atoms. The summed E-state index contributed by atoms with van der Waals surface area (Å²) in [5.41, 5.74) is -0.949. The highest BCUT2D eigenvalue weighted by molar-refractivity contribution is 7.82. The van der Waals surface area contributed by atoms with Gasteiger partial charge in [-0.15, -0.1) is 12.6 Å². The third-order valence-electron chi connectivity index (χ3n) is 0.190. The summed E-state index contributed by atoms with van der Waals surface area (Å²) in [6.07, 6.45) is 0. The number of hydrogen-bond acceptors (Lipinski definition) is 3. The second kappa shape index (κ2) is 3.41. The Morgan fingerprint density at radius 3 is 2.29 bits per heavy atom. The van der Waals surface area contributed by atoms with Crippen molar-refractivity contribution in [1.29, 1.82) is 0 Å². The predicted molar refractivity (Wildman–Crippen MR) is 31.0 cm³/mol. The van der Waals surface area contributed by atoms with Gasteiger partial charge in [0.1, 0.15) is 0 Å². The quantitative estimate of drug-likeness (QED) is 0.274. The first kappa shape index (κ1) is 7.40. The summed E-state index contributed by atoms with van der Waals surface area (Å²) in [6, 6.07) is 0. The molecule has 0 aromatic heterocycles. The highest BCUT2D eigenvalue weighted by Crippen LogP contribution is 2.04. The lowest BCUT2D eigenvalue weighted by Gasteiger charge is -1.96. The zero-order valence-corrected chi connectivity index (χ0v) is 5.50. The monoisotopic (exact) mass is 160 g/mol. The first-order valence-electron chi connectivity index (χ1n) is 1.31. The van der Waals surface area contributed by atoms with Crippen LogP contribution in [-0.4, -0.2) is 10.3 Å². The lowest BCUT2D eigenvalue weighted by atomic mass is 11.4. The molecule has 5 heteroatoms. The Hall–Kier alpha value is 0.400. The molecular formula is C2H2Cl2O2S. The first-order valence-corrected chi connectivity index (χ1v) is 2.64. The topological polar surface area (TPSA) is 26.3 Å². The summed E-state index contributed by atoms with van der Waals surface area (Å²) in [5.74, 6) is 0. The predicted octanol–water partition coefficient (Wildman–Crippen LogP) is 1.81. The van der Waals surface area contributed by atoms with Crippen LogP contribution in [-0.2, 0) is 4.74 Å². The molecule has 0 rings (SSSR count). The molecule has 1 unspecified atom stereocenters. The van der Waals surface area contributed by atoms with E-state index in [2.05, 4.69) is 29.0 Å². The fourth-order valence-electron chi connectivity index (χ4n) is 0.0765. The van der Waals surface area contributed by atoms with E-state index in [4.69, 9.17) is 11.6 Å². The highest BCUT2D eigenvalue weighted by atomic mass is 35.5. The van der Waals surface area contributed by atoms with E-state index in [0.29, 0.717) is 0 Å². The van der Waals surface area contributed by atoms with Crippen LogP contribution in [0, 0.1) is 0 Å². The zero-order chi connectivity index (χ0) is 5.86. The van der Waals surface area contributed by atoms with Crippen molar-refractivity contribution in [1.82, 2.24) is 0 Å². The number of carbonyl (C=O) groups is 1. The summed E-state index contributed by atoms with van der Waals surface area (Å²) in [6.45, 7) is 0. The van der Waals surface area contributed by atoms with Crippen molar-refractivity contribution in [2.75, 3.05) is 0 Å². The van der Waals surface area contributed by atoms with Crippen molar-refractivity contribution >= 4 is 41.3 Å². The molecule has 0 saturated heterocycles. The van der Waals surface area contributed by atoms with Crippen LogP contribution >= 0.6 is 35.8 Å². The van der Waals surface area contributed by atoms with Crippen molar-refractivity contribution in [2.45, 2.75) is 4.90 Å². The van der Waals surface area contributed by atoms with Gasteiger partial charge in [0.25, 0.3) is 0 Å². The van der Waals surface area contributed by atoms with Gasteiger partial charge in [0.05, 0.1) is 0 Å². The second-order valence-corrected chi connectivity index (χ2v) is 2.13. The van der Waals surface area contributed by atoms with Crippen LogP contribution in [0.25, 0.3) is 0 Å². The van der Waals surface area contributed by atoms with Crippen molar-refractivity contribution in [3.63, 3.8) is 0 Å². The van der Waals surface area contributed by atoms with E-state index in [9.17, 15) is 4.79 Å². The van der Waals surface area contributed by atoms with Crippen LogP contribution in [0.2, 0.25) is 0 Å². The van der Waals surface area contributed by atoms with Gasteiger partial charge in [0.2, 0.25) is 4.90 Å². The van der Waals surface area contributed by atoms with Crippen molar-refractivity contribution in [3.8, 4) is 0 Å². The van der Waals surface area contributed by atoms with Gasteiger partial charge in [0.15, 0.2) is 0 Å². The van der Waals surface area contributed by atoms with Crippen LogP contribution in [0.1, 0.15) is 0 Å². The van der Waals surface area contributed by atoms with Crippen LogP contribution in [0.5, 0.6) is 0 Å². The maximum absolute atomic E-state index is 9.66. The fraction of sp³-hybridized carbons (Fsp3) is 0.500. The second-order valence-electron chi connectivity index (χ2n) is 0.648. The number of carbonyl (C=O) groups excluding carboxylic acids is 1. The molecule has 0 fully saturated rings. The molecule has 1 atom stereocenters. The molecule has 42 valence electrons. The molecule has 0 saturated carbocycles. The van der Waals surface area contributed by atoms with E-state index in [1.165, 1.54) is 0 Å². The lowest BCUT2D eigenvalue weighted by Crippen LogP contribution is -1.97. The molecule has 0 aromatic rings. The molecule has 0 N–H and O–H groups in total. The third kappa shape index (κ3) is 6.40. The van der Waals surface area contributed by atoms with E-state index >= 15 is 0 Å². The Balaban J connectivity index is 3.13. The van der Waals surface area contributed by atoms with E-state index in [-0.39, 0.29) is 0 Å². The van der Waals surface area contributed by atoms with Crippen molar-refractivity contribution < 1.29 is 9.53 Å². The Bertz CT molecular complexity index is 74.1.